The van der Waals surface area contributed by atoms with Gasteiger partial charge in [0.15, 0.2) is 0 Å². The van der Waals surface area contributed by atoms with Crippen molar-refractivity contribution in [3.8, 4) is 0 Å². The standard InChI is InChI=1S/C16H17N3O2S2/c1-9-7-11(3)16(12(4)8-9)23(20,21)19-14-10(2)5-6-13-15(14)18-22-17-13/h5-8,19H,1-4H3. The molecule has 3 aromatic rings. The highest BCUT2D eigenvalue weighted by atomic mass is 32.2. The van der Waals surface area contributed by atoms with Gasteiger partial charge >= 0.3 is 0 Å². The van der Waals surface area contributed by atoms with Gasteiger partial charge in [0.1, 0.15) is 11.0 Å². The van der Waals surface area contributed by atoms with Gasteiger partial charge in [-0.05, 0) is 50.5 Å². The Morgan fingerprint density at radius 3 is 2.26 bits per heavy atom. The number of benzene rings is 2. The minimum atomic E-state index is -3.70. The minimum absolute atomic E-state index is 0.322. The molecule has 0 amide bonds. The van der Waals surface area contributed by atoms with Crippen LogP contribution in [0.15, 0.2) is 29.2 Å². The molecule has 0 radical (unpaired) electrons. The Morgan fingerprint density at radius 2 is 1.61 bits per heavy atom. The molecule has 23 heavy (non-hydrogen) atoms. The van der Waals surface area contributed by atoms with Crippen LogP contribution in [0.2, 0.25) is 0 Å². The molecule has 0 fully saturated rings. The summed E-state index contributed by atoms with van der Waals surface area (Å²) < 4.78 is 36.9. The first-order valence-electron chi connectivity index (χ1n) is 7.12. The highest BCUT2D eigenvalue weighted by Gasteiger charge is 2.22. The maximum atomic E-state index is 12.9. The van der Waals surface area contributed by atoms with Crippen LogP contribution in [0.5, 0.6) is 0 Å². The molecule has 120 valence electrons. The van der Waals surface area contributed by atoms with Crippen LogP contribution in [-0.4, -0.2) is 17.2 Å². The van der Waals surface area contributed by atoms with E-state index in [0.717, 1.165) is 34.0 Å². The first kappa shape index (κ1) is 15.9. The van der Waals surface area contributed by atoms with E-state index in [-0.39, 0.29) is 0 Å². The molecule has 7 heteroatoms. The molecule has 0 unspecified atom stereocenters. The van der Waals surface area contributed by atoms with E-state index in [4.69, 9.17) is 0 Å². The monoisotopic (exact) mass is 347 g/mol. The second-order valence-electron chi connectivity index (χ2n) is 5.72. The molecule has 3 rings (SSSR count). The molecular formula is C16H17N3O2S2. The summed E-state index contributed by atoms with van der Waals surface area (Å²) in [6.45, 7) is 7.43. The Bertz CT molecular complexity index is 984. The molecule has 1 heterocycles. The zero-order valence-electron chi connectivity index (χ0n) is 13.3. The number of aryl methyl sites for hydroxylation is 4. The Kier molecular flexibility index (Phi) is 3.85. The summed E-state index contributed by atoms with van der Waals surface area (Å²) in [7, 11) is -3.70. The third-order valence-electron chi connectivity index (χ3n) is 3.75. The van der Waals surface area contributed by atoms with Crippen molar-refractivity contribution < 1.29 is 8.42 Å². The molecule has 1 aromatic heterocycles. The van der Waals surface area contributed by atoms with Crippen molar-refractivity contribution in [1.29, 1.82) is 0 Å². The van der Waals surface area contributed by atoms with E-state index >= 15 is 0 Å². The fraction of sp³-hybridized carbons (Fsp3) is 0.250. The van der Waals surface area contributed by atoms with E-state index in [0.29, 0.717) is 21.6 Å². The Morgan fingerprint density at radius 1 is 0.957 bits per heavy atom. The van der Waals surface area contributed by atoms with Crippen molar-refractivity contribution in [1.82, 2.24) is 8.75 Å². The Balaban J connectivity index is 2.15. The summed E-state index contributed by atoms with van der Waals surface area (Å²) in [6.07, 6.45) is 0. The number of fused-ring (bicyclic) bond motifs is 1. The van der Waals surface area contributed by atoms with Crippen LogP contribution in [-0.2, 0) is 10.0 Å². The lowest BCUT2D eigenvalue weighted by Gasteiger charge is -2.15. The number of sulfonamides is 1. The number of anilines is 1. The zero-order valence-corrected chi connectivity index (χ0v) is 15.0. The maximum Gasteiger partial charge on any atom is 0.262 e. The Hall–Kier alpha value is -1.99. The molecule has 5 nitrogen and oxygen atoms in total. The van der Waals surface area contributed by atoms with Gasteiger partial charge in [0, 0.05) is 0 Å². The van der Waals surface area contributed by atoms with Crippen molar-refractivity contribution >= 4 is 38.5 Å². The van der Waals surface area contributed by atoms with Crippen LogP contribution in [0.25, 0.3) is 11.0 Å². The van der Waals surface area contributed by atoms with Crippen LogP contribution in [0.4, 0.5) is 5.69 Å². The summed E-state index contributed by atoms with van der Waals surface area (Å²) in [6, 6.07) is 7.43. The van der Waals surface area contributed by atoms with Crippen LogP contribution in [0.1, 0.15) is 22.3 Å². The second-order valence-corrected chi connectivity index (χ2v) is 7.87. The molecule has 0 saturated heterocycles. The first-order valence-corrected chi connectivity index (χ1v) is 9.33. The number of nitrogens with one attached hydrogen (secondary N) is 1. The van der Waals surface area contributed by atoms with Crippen molar-refractivity contribution in [3.05, 3.63) is 46.5 Å². The lowest BCUT2D eigenvalue weighted by Crippen LogP contribution is -2.17. The van der Waals surface area contributed by atoms with Gasteiger partial charge in [0.2, 0.25) is 0 Å². The van der Waals surface area contributed by atoms with Gasteiger partial charge in [-0.2, -0.15) is 8.75 Å². The van der Waals surface area contributed by atoms with Crippen molar-refractivity contribution in [2.75, 3.05) is 4.72 Å². The summed E-state index contributed by atoms with van der Waals surface area (Å²) in [5.74, 6) is 0. The van der Waals surface area contributed by atoms with Gasteiger partial charge in [0.05, 0.1) is 22.3 Å². The van der Waals surface area contributed by atoms with E-state index in [1.54, 1.807) is 0 Å². The predicted molar refractivity (Wildman–Crippen MR) is 93.6 cm³/mol. The molecule has 0 aliphatic rings. The van der Waals surface area contributed by atoms with E-state index in [9.17, 15) is 8.42 Å². The van der Waals surface area contributed by atoms with Gasteiger partial charge in [-0.3, -0.25) is 4.72 Å². The van der Waals surface area contributed by atoms with E-state index in [1.165, 1.54) is 0 Å². The minimum Gasteiger partial charge on any atom is -0.277 e. The first-order chi connectivity index (χ1) is 10.8. The largest absolute Gasteiger partial charge is 0.277 e. The summed E-state index contributed by atoms with van der Waals surface area (Å²) in [5, 5.41) is 0. The molecule has 0 saturated carbocycles. The summed E-state index contributed by atoms with van der Waals surface area (Å²) >= 11 is 1.07. The van der Waals surface area contributed by atoms with Crippen LogP contribution >= 0.6 is 11.7 Å². The zero-order chi connectivity index (χ0) is 16.8. The number of nitrogens with zero attached hydrogens (tertiary/aromatic N) is 2. The topological polar surface area (TPSA) is 72.0 Å². The van der Waals surface area contributed by atoms with Gasteiger partial charge in [-0.25, -0.2) is 8.42 Å². The normalized spacial score (nSPS) is 11.8. The predicted octanol–water partition coefficient (Wildman–Crippen LogP) is 3.73. The SMILES string of the molecule is Cc1cc(C)c(S(=O)(=O)Nc2c(C)ccc3nsnc23)c(C)c1. The van der Waals surface area contributed by atoms with E-state index in [2.05, 4.69) is 13.5 Å². The summed E-state index contributed by atoms with van der Waals surface area (Å²) in [5.41, 5.74) is 5.09. The van der Waals surface area contributed by atoms with Crippen LogP contribution in [0, 0.1) is 27.7 Å². The molecular weight excluding hydrogens is 330 g/mol. The number of hydrogen-bond acceptors (Lipinski definition) is 5. The maximum absolute atomic E-state index is 12.9. The fourth-order valence-electron chi connectivity index (χ4n) is 2.86. The molecule has 0 bridgehead atoms. The van der Waals surface area contributed by atoms with Crippen LogP contribution < -0.4 is 4.72 Å². The number of aromatic nitrogens is 2. The summed E-state index contributed by atoms with van der Waals surface area (Å²) in [4.78, 5) is 0.322. The molecule has 0 atom stereocenters. The smallest absolute Gasteiger partial charge is 0.262 e. The van der Waals surface area contributed by atoms with Gasteiger partial charge < -0.3 is 0 Å². The average molecular weight is 347 g/mol. The molecule has 1 N–H and O–H groups in total. The highest BCUT2D eigenvalue weighted by molar-refractivity contribution is 7.92. The molecule has 0 spiro atoms. The molecule has 0 aliphatic carbocycles. The lowest BCUT2D eigenvalue weighted by atomic mass is 10.1. The van der Waals surface area contributed by atoms with E-state index < -0.39 is 10.0 Å². The van der Waals surface area contributed by atoms with E-state index in [1.807, 2.05) is 52.0 Å². The van der Waals surface area contributed by atoms with Crippen molar-refractivity contribution in [3.63, 3.8) is 0 Å². The van der Waals surface area contributed by atoms with Gasteiger partial charge in [0.25, 0.3) is 10.0 Å². The highest BCUT2D eigenvalue weighted by Crippen LogP contribution is 2.30. The number of rotatable bonds is 3. The quantitative estimate of drug-likeness (QED) is 0.784. The second kappa shape index (κ2) is 5.58. The van der Waals surface area contributed by atoms with Gasteiger partial charge in [-0.1, -0.05) is 23.8 Å². The van der Waals surface area contributed by atoms with Crippen molar-refractivity contribution in [2.24, 2.45) is 0 Å². The number of hydrogen-bond donors (Lipinski definition) is 1. The third kappa shape index (κ3) is 2.82. The van der Waals surface area contributed by atoms with Gasteiger partial charge in [-0.15, -0.1) is 0 Å². The average Bonchev–Trinajstić information content (AvgIpc) is 2.89. The lowest BCUT2D eigenvalue weighted by molar-refractivity contribution is 0.600. The Labute approximate surface area is 139 Å². The molecule has 0 aliphatic heterocycles. The third-order valence-corrected chi connectivity index (χ3v) is 5.94. The fourth-order valence-corrected chi connectivity index (χ4v) is 4.99. The molecule has 2 aromatic carbocycles. The van der Waals surface area contributed by atoms with Crippen molar-refractivity contribution in [2.45, 2.75) is 32.6 Å². The van der Waals surface area contributed by atoms with Crippen LogP contribution in [0.3, 0.4) is 0 Å².